The summed E-state index contributed by atoms with van der Waals surface area (Å²) in [5.41, 5.74) is 14.7. The minimum Gasteiger partial charge on any atom is -0.309 e. The number of rotatable bonds is 10. The highest BCUT2D eigenvalue weighted by Crippen LogP contribution is 2.37. The van der Waals surface area contributed by atoms with Crippen LogP contribution in [0.5, 0.6) is 0 Å². The van der Waals surface area contributed by atoms with Crippen molar-refractivity contribution < 1.29 is 8.78 Å². The van der Waals surface area contributed by atoms with Crippen molar-refractivity contribution in [2.75, 3.05) is 27.2 Å². The van der Waals surface area contributed by atoms with E-state index in [2.05, 4.69) is 122 Å². The Morgan fingerprint density at radius 1 is 0.556 bits per heavy atom. The predicted octanol–water partition coefficient (Wildman–Crippen LogP) is 14.5. The average Bonchev–Trinajstić information content (AvgIpc) is 3.41. The third-order valence-corrected chi connectivity index (χ3v) is 13.6. The number of likely N-dealkylation sites (N-methyl/N-ethyl adjacent to an activating group) is 1. The van der Waals surface area contributed by atoms with Crippen molar-refractivity contribution in [3.63, 3.8) is 0 Å². The zero-order valence-electron chi connectivity index (χ0n) is 40.3. The third kappa shape index (κ3) is 10.6. The second-order valence-corrected chi connectivity index (χ2v) is 19.5. The molecule has 6 aromatic heterocycles. The lowest BCUT2D eigenvalue weighted by atomic mass is 9.93. The summed E-state index contributed by atoms with van der Waals surface area (Å²) >= 11 is 12.3. The number of aromatic nitrogens is 6. The van der Waals surface area contributed by atoms with Crippen molar-refractivity contribution in [2.45, 2.75) is 39.3 Å². The van der Waals surface area contributed by atoms with Gasteiger partial charge in [0.2, 0.25) is 0 Å². The Kier molecular flexibility index (Phi) is 14.2. The van der Waals surface area contributed by atoms with E-state index < -0.39 is 0 Å². The summed E-state index contributed by atoms with van der Waals surface area (Å²) in [4.78, 5) is 32.0. The minimum atomic E-state index is -0.385. The fourth-order valence-corrected chi connectivity index (χ4v) is 9.51. The van der Waals surface area contributed by atoms with Crippen LogP contribution in [0.2, 0.25) is 10.0 Å². The van der Waals surface area contributed by atoms with Gasteiger partial charge in [0.1, 0.15) is 11.6 Å². The van der Waals surface area contributed by atoms with Gasteiger partial charge in [0.05, 0.1) is 11.4 Å². The molecule has 0 N–H and O–H groups in total. The predicted molar refractivity (Wildman–Crippen MR) is 289 cm³/mol. The lowest BCUT2D eigenvalue weighted by molar-refractivity contribution is 0.203. The summed E-state index contributed by atoms with van der Waals surface area (Å²) in [5, 5.41) is 2.65. The maximum absolute atomic E-state index is 14.8. The molecule has 7 heterocycles. The molecule has 4 aromatic carbocycles. The molecular weight excluding hydrogens is 942 g/mol. The Hall–Kier alpha value is -7.34. The Balaban J connectivity index is 0.000000166. The van der Waals surface area contributed by atoms with Gasteiger partial charge in [0.15, 0.2) is 11.3 Å². The molecule has 358 valence electrons. The van der Waals surface area contributed by atoms with Crippen molar-refractivity contribution in [3.8, 4) is 67.0 Å². The van der Waals surface area contributed by atoms with Gasteiger partial charge in [-0.15, -0.1) is 0 Å². The first kappa shape index (κ1) is 48.3. The largest absolute Gasteiger partial charge is 0.309 e. The molecule has 1 aliphatic heterocycles. The molecule has 0 bridgehead atoms. The molecule has 0 radical (unpaired) electrons. The molecule has 8 nitrogen and oxygen atoms in total. The van der Waals surface area contributed by atoms with Crippen LogP contribution in [-0.2, 0) is 19.4 Å². The molecule has 1 aliphatic rings. The molecule has 12 heteroatoms. The second kappa shape index (κ2) is 21.2. The Morgan fingerprint density at radius 3 is 1.62 bits per heavy atom. The van der Waals surface area contributed by atoms with E-state index in [4.69, 9.17) is 23.2 Å². The normalized spacial score (nSPS) is 12.6. The molecule has 0 saturated carbocycles. The SMILES string of the molecule is CC(C)N1CCc2ccc(-c3cncc(-c4cc(-c5cc(Cl)ccc5F)nc5ncccc45)c3)cc2C1.CN(C)CCc1ccc(-c2cncc(-c3cc(-c4cc(Cl)ccc4F)nc4ncccc34)c2)cc1. The van der Waals surface area contributed by atoms with E-state index in [9.17, 15) is 8.78 Å². The fraction of sp³-hybridized carbons (Fsp3) is 0.167. The highest BCUT2D eigenvalue weighted by atomic mass is 35.5. The van der Waals surface area contributed by atoms with Gasteiger partial charge in [-0.1, -0.05) is 59.6 Å². The van der Waals surface area contributed by atoms with Crippen molar-refractivity contribution in [1.82, 2.24) is 39.7 Å². The van der Waals surface area contributed by atoms with Crippen LogP contribution in [0.3, 0.4) is 0 Å². The van der Waals surface area contributed by atoms with Gasteiger partial charge in [-0.25, -0.2) is 28.7 Å². The smallest absolute Gasteiger partial charge is 0.160 e. The number of halogens is 4. The highest BCUT2D eigenvalue weighted by molar-refractivity contribution is 6.31. The zero-order valence-corrected chi connectivity index (χ0v) is 41.8. The zero-order chi connectivity index (χ0) is 49.9. The van der Waals surface area contributed by atoms with Crippen molar-refractivity contribution in [2.24, 2.45) is 0 Å². The molecule has 72 heavy (non-hydrogen) atoms. The van der Waals surface area contributed by atoms with Gasteiger partial charge in [-0.3, -0.25) is 14.9 Å². The molecule has 0 unspecified atom stereocenters. The standard InChI is InChI=1S/C31H26ClFN4.C29H24ClFN4/c1-19(2)37-11-9-20-5-6-21(12-24(20)18-37)22-13-23(17-34-16-22)27-15-30(28-14-25(32)7-8-29(28)33)36-31-26(27)4-3-10-35-31;1-35(2)13-11-19-5-7-20(8-6-19)21-14-22(18-32-17-21)25-16-28(26-15-23(30)9-10-27(26)31)34-29-24(25)4-3-12-33-29/h3-8,10,12-17,19H,9,11,18H2,1-2H3;3-10,12,14-18H,11,13H2,1-2H3. The van der Waals surface area contributed by atoms with E-state index in [0.29, 0.717) is 49.9 Å². The van der Waals surface area contributed by atoms with E-state index >= 15 is 0 Å². The van der Waals surface area contributed by atoms with Gasteiger partial charge in [-0.05, 0) is 171 Å². The van der Waals surface area contributed by atoms with Crippen molar-refractivity contribution in [1.29, 1.82) is 0 Å². The monoisotopic (exact) mass is 990 g/mol. The van der Waals surface area contributed by atoms with Gasteiger partial charge < -0.3 is 4.90 Å². The maximum atomic E-state index is 14.8. The summed E-state index contributed by atoms with van der Waals surface area (Å²) in [7, 11) is 4.16. The van der Waals surface area contributed by atoms with E-state index in [1.807, 2.05) is 61.2 Å². The first-order valence-electron chi connectivity index (χ1n) is 23.9. The molecule has 11 rings (SSSR count). The van der Waals surface area contributed by atoms with E-state index in [1.165, 1.54) is 41.0 Å². The van der Waals surface area contributed by atoms with Crippen LogP contribution >= 0.6 is 23.2 Å². The van der Waals surface area contributed by atoms with Crippen LogP contribution in [-0.4, -0.2) is 72.9 Å². The third-order valence-electron chi connectivity index (χ3n) is 13.1. The van der Waals surface area contributed by atoms with E-state index in [1.54, 1.807) is 24.5 Å². The summed E-state index contributed by atoms with van der Waals surface area (Å²) in [6, 6.07) is 40.5. The van der Waals surface area contributed by atoms with E-state index in [0.717, 1.165) is 87.8 Å². The summed E-state index contributed by atoms with van der Waals surface area (Å²) in [6.45, 7) is 7.57. The van der Waals surface area contributed by atoms with Gasteiger partial charge in [0, 0.05) is 117 Å². The van der Waals surface area contributed by atoms with Gasteiger partial charge >= 0.3 is 0 Å². The first-order valence-corrected chi connectivity index (χ1v) is 24.6. The summed E-state index contributed by atoms with van der Waals surface area (Å²) in [5.74, 6) is -0.765. The van der Waals surface area contributed by atoms with Crippen LogP contribution in [0.25, 0.3) is 89.1 Å². The molecular formula is C60H50Cl2F2N8. The Labute approximate surface area is 428 Å². The number of hydrogen-bond donors (Lipinski definition) is 0. The molecule has 10 aromatic rings. The summed E-state index contributed by atoms with van der Waals surface area (Å²) < 4.78 is 29.4. The van der Waals surface area contributed by atoms with Crippen LogP contribution < -0.4 is 0 Å². The molecule has 0 atom stereocenters. The molecule has 0 amide bonds. The number of pyridine rings is 6. The highest BCUT2D eigenvalue weighted by Gasteiger charge is 2.20. The molecule has 0 spiro atoms. The number of benzene rings is 4. The number of nitrogens with zero attached hydrogens (tertiary/aromatic N) is 8. The van der Waals surface area contributed by atoms with Crippen LogP contribution in [0, 0.1) is 11.6 Å². The molecule has 0 saturated heterocycles. The van der Waals surface area contributed by atoms with Gasteiger partial charge in [0.25, 0.3) is 0 Å². The second-order valence-electron chi connectivity index (χ2n) is 18.6. The summed E-state index contributed by atoms with van der Waals surface area (Å²) in [6.07, 6.45) is 12.9. The lowest BCUT2D eigenvalue weighted by Gasteiger charge is -2.32. The molecule has 0 fully saturated rings. The Morgan fingerprint density at radius 2 is 1.08 bits per heavy atom. The van der Waals surface area contributed by atoms with Crippen molar-refractivity contribution >= 4 is 45.3 Å². The van der Waals surface area contributed by atoms with Crippen LogP contribution in [0.4, 0.5) is 8.78 Å². The first-order chi connectivity index (χ1) is 34.9. The number of fused-ring (bicyclic) bond motifs is 3. The molecule has 0 aliphatic carbocycles. The fourth-order valence-electron chi connectivity index (χ4n) is 9.16. The van der Waals surface area contributed by atoms with Crippen LogP contribution in [0.1, 0.15) is 30.5 Å². The maximum Gasteiger partial charge on any atom is 0.160 e. The van der Waals surface area contributed by atoms with E-state index in [-0.39, 0.29) is 11.6 Å². The minimum absolute atomic E-state index is 0.337. The number of hydrogen-bond acceptors (Lipinski definition) is 8. The van der Waals surface area contributed by atoms with Crippen molar-refractivity contribution in [3.05, 3.63) is 203 Å². The topological polar surface area (TPSA) is 83.8 Å². The van der Waals surface area contributed by atoms with Gasteiger partial charge in [-0.2, -0.15) is 0 Å². The van der Waals surface area contributed by atoms with Crippen LogP contribution in [0.15, 0.2) is 165 Å². The average molecular weight is 992 g/mol. The Bertz CT molecular complexity index is 3600. The quantitative estimate of drug-likeness (QED) is 0.134. The lowest BCUT2D eigenvalue weighted by Crippen LogP contribution is -2.35.